The molecule has 0 saturated heterocycles. The number of rotatable bonds is 9. The predicted molar refractivity (Wildman–Crippen MR) is 149 cm³/mol. The molecule has 1 aliphatic rings. The van der Waals surface area contributed by atoms with Crippen molar-refractivity contribution < 1.29 is 9.84 Å². The van der Waals surface area contributed by atoms with Gasteiger partial charge in [0.25, 0.3) is 0 Å². The van der Waals surface area contributed by atoms with Crippen molar-refractivity contribution in [1.29, 1.82) is 0 Å². The zero-order chi connectivity index (χ0) is 24.9. The molecule has 1 aliphatic heterocycles. The second-order valence-electron chi connectivity index (χ2n) is 9.20. The third-order valence-corrected chi connectivity index (χ3v) is 6.67. The molecular formula is C31H33N3O2. The van der Waals surface area contributed by atoms with E-state index >= 15 is 0 Å². The average molecular weight is 480 g/mol. The molecule has 36 heavy (non-hydrogen) atoms. The molecule has 3 aromatic carbocycles. The molecule has 5 rings (SSSR count). The lowest BCUT2D eigenvalue weighted by Crippen LogP contribution is -2.07. The number of phenolic OH excluding ortho intramolecular Hbond substituents is 1. The lowest BCUT2D eigenvalue weighted by atomic mass is 10.1. The lowest BCUT2D eigenvalue weighted by molar-refractivity contribution is 0.464. The van der Waals surface area contributed by atoms with Gasteiger partial charge in [-0.3, -0.25) is 4.99 Å². The van der Waals surface area contributed by atoms with E-state index in [2.05, 4.69) is 65.1 Å². The predicted octanol–water partition coefficient (Wildman–Crippen LogP) is 7.80. The molecule has 1 aromatic heterocycles. The normalized spacial score (nSPS) is 13.1. The van der Waals surface area contributed by atoms with Gasteiger partial charge in [0.05, 0.1) is 5.52 Å². The SMILES string of the molecule is CCCc1c(CC)c2cc(Oc3ccc(O)cc3)ccc2n1-c1ccc(NCC2=CN=CCC2)cc1. The van der Waals surface area contributed by atoms with Gasteiger partial charge in [-0.15, -0.1) is 0 Å². The van der Waals surface area contributed by atoms with Crippen molar-refractivity contribution in [2.75, 3.05) is 11.9 Å². The molecule has 4 aromatic rings. The lowest BCUT2D eigenvalue weighted by Gasteiger charge is -2.14. The molecule has 0 aliphatic carbocycles. The van der Waals surface area contributed by atoms with E-state index < -0.39 is 0 Å². The van der Waals surface area contributed by atoms with Crippen molar-refractivity contribution in [3.05, 3.63) is 89.8 Å². The Labute approximate surface area is 212 Å². The molecule has 0 bridgehead atoms. The Balaban J connectivity index is 1.47. The quantitative estimate of drug-likeness (QED) is 0.257. The van der Waals surface area contributed by atoms with Gasteiger partial charge in [-0.2, -0.15) is 0 Å². The van der Waals surface area contributed by atoms with Gasteiger partial charge in [0.15, 0.2) is 0 Å². The van der Waals surface area contributed by atoms with Gasteiger partial charge in [0.2, 0.25) is 0 Å². The minimum absolute atomic E-state index is 0.230. The number of nitrogens with zero attached hydrogens (tertiary/aromatic N) is 2. The number of nitrogens with one attached hydrogen (secondary N) is 1. The van der Waals surface area contributed by atoms with Gasteiger partial charge < -0.3 is 19.7 Å². The molecular weight excluding hydrogens is 446 g/mol. The zero-order valence-electron chi connectivity index (χ0n) is 21.0. The molecule has 5 heteroatoms. The van der Waals surface area contributed by atoms with Crippen molar-refractivity contribution in [2.45, 2.75) is 46.0 Å². The standard InChI is InChI=1S/C31H33N3O2/c1-3-6-30-28(4-2)29-19-27(36-26-14-12-25(35)13-15-26)16-17-31(29)34(30)24-10-8-23(9-11-24)33-21-22-7-5-18-32-20-22/h8-20,33,35H,3-7,21H2,1-2H3. The maximum Gasteiger partial charge on any atom is 0.128 e. The number of anilines is 1. The van der Waals surface area contributed by atoms with Crippen LogP contribution in [0, 0.1) is 0 Å². The Morgan fingerprint density at radius 2 is 1.75 bits per heavy atom. The van der Waals surface area contributed by atoms with Crippen LogP contribution in [-0.4, -0.2) is 22.4 Å². The van der Waals surface area contributed by atoms with E-state index in [9.17, 15) is 5.11 Å². The smallest absolute Gasteiger partial charge is 0.128 e. The van der Waals surface area contributed by atoms with E-state index in [4.69, 9.17) is 4.74 Å². The van der Waals surface area contributed by atoms with E-state index in [1.165, 1.54) is 33.4 Å². The first kappa shape index (κ1) is 23.7. The largest absolute Gasteiger partial charge is 0.508 e. The number of aliphatic imine (C=N–C) groups is 1. The number of hydrogen-bond donors (Lipinski definition) is 2. The minimum atomic E-state index is 0.230. The van der Waals surface area contributed by atoms with Crippen LogP contribution in [0.3, 0.4) is 0 Å². The van der Waals surface area contributed by atoms with Crippen LogP contribution in [0.5, 0.6) is 17.2 Å². The summed E-state index contributed by atoms with van der Waals surface area (Å²) in [5, 5.41) is 14.3. The number of fused-ring (bicyclic) bond motifs is 1. The van der Waals surface area contributed by atoms with Gasteiger partial charge in [-0.05, 0) is 104 Å². The van der Waals surface area contributed by atoms with Crippen LogP contribution >= 0.6 is 0 Å². The summed E-state index contributed by atoms with van der Waals surface area (Å²) in [7, 11) is 0. The third-order valence-electron chi connectivity index (χ3n) is 6.67. The van der Waals surface area contributed by atoms with Crippen LogP contribution in [0.15, 0.2) is 83.5 Å². The fraction of sp³-hybridized carbons (Fsp3) is 0.258. The number of benzene rings is 3. The summed E-state index contributed by atoms with van der Waals surface area (Å²) in [5.41, 5.74) is 7.54. The third kappa shape index (κ3) is 5.01. The number of aromatic hydroxyl groups is 1. The Hall–Kier alpha value is -3.99. The van der Waals surface area contributed by atoms with Crippen LogP contribution in [0.4, 0.5) is 5.69 Å². The Bertz CT molecular complexity index is 1400. The second-order valence-corrected chi connectivity index (χ2v) is 9.20. The minimum Gasteiger partial charge on any atom is -0.508 e. The first-order chi connectivity index (χ1) is 17.7. The van der Waals surface area contributed by atoms with Crippen LogP contribution in [0.25, 0.3) is 16.6 Å². The van der Waals surface area contributed by atoms with Gasteiger partial charge >= 0.3 is 0 Å². The van der Waals surface area contributed by atoms with Crippen LogP contribution in [0.2, 0.25) is 0 Å². The molecule has 0 atom stereocenters. The summed E-state index contributed by atoms with van der Waals surface area (Å²) in [6.45, 7) is 5.29. The van der Waals surface area contributed by atoms with Crippen molar-refractivity contribution in [1.82, 2.24) is 4.57 Å². The van der Waals surface area contributed by atoms with E-state index in [1.54, 1.807) is 24.3 Å². The zero-order valence-corrected chi connectivity index (χ0v) is 21.0. The summed E-state index contributed by atoms with van der Waals surface area (Å²) in [4.78, 5) is 4.27. The fourth-order valence-electron chi connectivity index (χ4n) is 4.92. The molecule has 0 fully saturated rings. The van der Waals surface area contributed by atoms with Gasteiger partial charge in [-0.25, -0.2) is 0 Å². The molecule has 5 nitrogen and oxygen atoms in total. The number of aryl methyl sites for hydroxylation is 1. The molecule has 0 amide bonds. The highest BCUT2D eigenvalue weighted by Gasteiger charge is 2.18. The van der Waals surface area contributed by atoms with Crippen LogP contribution in [0.1, 0.15) is 44.4 Å². The number of aromatic nitrogens is 1. The summed E-state index contributed by atoms with van der Waals surface area (Å²) < 4.78 is 8.51. The molecule has 0 unspecified atom stereocenters. The van der Waals surface area contributed by atoms with Gasteiger partial charge in [0, 0.05) is 41.4 Å². The van der Waals surface area contributed by atoms with Crippen LogP contribution < -0.4 is 10.1 Å². The number of ether oxygens (including phenoxy) is 1. The Kier molecular flexibility index (Phi) is 7.08. The monoisotopic (exact) mass is 479 g/mol. The van der Waals surface area contributed by atoms with E-state index in [1.807, 2.05) is 18.5 Å². The fourth-order valence-corrected chi connectivity index (χ4v) is 4.92. The maximum atomic E-state index is 9.56. The molecule has 0 spiro atoms. The second kappa shape index (κ2) is 10.7. The van der Waals surface area contributed by atoms with Crippen molar-refractivity contribution in [3.8, 4) is 22.9 Å². The number of hydrogen-bond acceptors (Lipinski definition) is 4. The summed E-state index contributed by atoms with van der Waals surface area (Å²) in [6.07, 6.45) is 9.09. The first-order valence-electron chi connectivity index (χ1n) is 12.8. The Morgan fingerprint density at radius 1 is 0.972 bits per heavy atom. The molecule has 184 valence electrons. The molecule has 2 N–H and O–H groups in total. The van der Waals surface area contributed by atoms with Crippen molar-refractivity contribution >= 4 is 22.8 Å². The summed E-state index contributed by atoms with van der Waals surface area (Å²) >= 11 is 0. The van der Waals surface area contributed by atoms with E-state index in [-0.39, 0.29) is 5.75 Å². The summed E-state index contributed by atoms with van der Waals surface area (Å²) in [5.74, 6) is 1.73. The highest BCUT2D eigenvalue weighted by atomic mass is 16.5. The maximum absolute atomic E-state index is 9.56. The van der Waals surface area contributed by atoms with E-state index in [0.29, 0.717) is 5.75 Å². The van der Waals surface area contributed by atoms with Gasteiger partial charge in [0.1, 0.15) is 17.2 Å². The molecule has 0 radical (unpaired) electrons. The Morgan fingerprint density at radius 3 is 2.44 bits per heavy atom. The molecule has 2 heterocycles. The number of phenols is 1. The summed E-state index contributed by atoms with van der Waals surface area (Å²) in [6, 6.07) is 21.9. The first-order valence-corrected chi connectivity index (χ1v) is 12.8. The van der Waals surface area contributed by atoms with Crippen molar-refractivity contribution in [3.63, 3.8) is 0 Å². The van der Waals surface area contributed by atoms with Gasteiger partial charge in [-0.1, -0.05) is 20.3 Å². The topological polar surface area (TPSA) is 58.8 Å². The molecule has 0 saturated carbocycles. The average Bonchev–Trinajstić information content (AvgIpc) is 3.22. The highest BCUT2D eigenvalue weighted by Crippen LogP contribution is 2.35. The highest BCUT2D eigenvalue weighted by molar-refractivity contribution is 5.89. The van der Waals surface area contributed by atoms with E-state index in [0.717, 1.165) is 50.1 Å². The van der Waals surface area contributed by atoms with Crippen molar-refractivity contribution in [2.24, 2.45) is 4.99 Å². The van der Waals surface area contributed by atoms with Crippen LogP contribution in [-0.2, 0) is 12.8 Å².